The van der Waals surface area contributed by atoms with Crippen molar-refractivity contribution >= 4 is 27.5 Å². The number of benzene rings is 2. The molecule has 0 aliphatic rings. The van der Waals surface area contributed by atoms with Gasteiger partial charge in [0.1, 0.15) is 11.8 Å². The summed E-state index contributed by atoms with van der Waals surface area (Å²) >= 11 is 0. The van der Waals surface area contributed by atoms with Gasteiger partial charge in [-0.3, -0.25) is 13.9 Å². The number of carbonyl (C=O) groups excluding carboxylic acids is 2. The second kappa shape index (κ2) is 13.9. The number of carbonyl (C=O) groups is 2. The lowest BCUT2D eigenvalue weighted by Crippen LogP contribution is -2.47. The van der Waals surface area contributed by atoms with E-state index in [1.165, 1.54) is 10.6 Å². The van der Waals surface area contributed by atoms with Gasteiger partial charge in [-0.05, 0) is 61.6 Å². The van der Waals surface area contributed by atoms with Crippen molar-refractivity contribution in [1.29, 1.82) is 0 Å². The number of sulfonamides is 1. The molecule has 0 aromatic heterocycles. The molecule has 0 saturated heterocycles. The fourth-order valence-electron chi connectivity index (χ4n) is 3.81. The summed E-state index contributed by atoms with van der Waals surface area (Å²) in [7, 11) is -1.93. The summed E-state index contributed by atoms with van der Waals surface area (Å²) in [5, 5.41) is 2.86. The maximum absolute atomic E-state index is 13.3. The first-order valence-electron chi connectivity index (χ1n) is 12.4. The van der Waals surface area contributed by atoms with E-state index in [1.54, 1.807) is 31.1 Å². The van der Waals surface area contributed by atoms with Crippen LogP contribution in [0.4, 0.5) is 5.69 Å². The van der Waals surface area contributed by atoms with E-state index in [1.807, 2.05) is 50.2 Å². The van der Waals surface area contributed by atoms with Crippen LogP contribution < -0.4 is 14.4 Å². The number of hydrogen-bond donors (Lipinski definition) is 1. The maximum Gasteiger partial charge on any atom is 0.242 e. The molecular weight excluding hydrogens is 478 g/mol. The van der Waals surface area contributed by atoms with Crippen molar-refractivity contribution in [3.05, 3.63) is 59.7 Å². The number of hydrogen-bond acceptors (Lipinski definition) is 5. The average molecular weight is 518 g/mol. The SMILES string of the molecule is CCCNC(=O)C(C)N(Cc1ccc(OC)cc1)C(=O)CCCN(c1ccc(CC)cc1)S(C)(=O)=O. The first-order valence-corrected chi connectivity index (χ1v) is 14.2. The Bertz CT molecular complexity index is 1090. The van der Waals surface area contributed by atoms with Crippen LogP contribution in [0.5, 0.6) is 5.75 Å². The minimum absolute atomic E-state index is 0.112. The van der Waals surface area contributed by atoms with E-state index in [0.717, 1.165) is 24.0 Å². The molecule has 2 amide bonds. The van der Waals surface area contributed by atoms with Crippen molar-refractivity contribution in [2.24, 2.45) is 0 Å². The van der Waals surface area contributed by atoms with E-state index >= 15 is 0 Å². The van der Waals surface area contributed by atoms with Crippen LogP contribution in [-0.2, 0) is 32.6 Å². The van der Waals surface area contributed by atoms with Crippen LogP contribution >= 0.6 is 0 Å². The fraction of sp³-hybridized carbons (Fsp3) is 0.481. The van der Waals surface area contributed by atoms with Crippen molar-refractivity contribution < 1.29 is 22.7 Å². The van der Waals surface area contributed by atoms with Crippen LogP contribution in [0.2, 0.25) is 0 Å². The number of methoxy groups -OCH3 is 1. The Labute approximate surface area is 215 Å². The van der Waals surface area contributed by atoms with E-state index in [0.29, 0.717) is 24.4 Å². The summed E-state index contributed by atoms with van der Waals surface area (Å²) in [5.41, 5.74) is 2.56. The van der Waals surface area contributed by atoms with E-state index in [9.17, 15) is 18.0 Å². The predicted molar refractivity (Wildman–Crippen MR) is 144 cm³/mol. The third kappa shape index (κ3) is 8.55. The number of aryl methyl sites for hydroxylation is 1. The smallest absolute Gasteiger partial charge is 0.242 e. The van der Waals surface area contributed by atoms with Gasteiger partial charge in [0.2, 0.25) is 21.8 Å². The van der Waals surface area contributed by atoms with Crippen molar-refractivity contribution in [2.75, 3.05) is 30.8 Å². The Kier molecular flexibility index (Phi) is 11.2. The van der Waals surface area contributed by atoms with E-state index in [2.05, 4.69) is 5.32 Å². The van der Waals surface area contributed by atoms with Gasteiger partial charge in [-0.1, -0.05) is 38.1 Å². The molecule has 2 aromatic rings. The van der Waals surface area contributed by atoms with Crippen molar-refractivity contribution in [1.82, 2.24) is 10.2 Å². The zero-order valence-electron chi connectivity index (χ0n) is 22.0. The molecule has 36 heavy (non-hydrogen) atoms. The van der Waals surface area contributed by atoms with Gasteiger partial charge in [-0.15, -0.1) is 0 Å². The third-order valence-electron chi connectivity index (χ3n) is 6.01. The van der Waals surface area contributed by atoms with Crippen molar-refractivity contribution in [3.8, 4) is 5.75 Å². The molecule has 2 aromatic carbocycles. The van der Waals surface area contributed by atoms with Gasteiger partial charge in [-0.25, -0.2) is 8.42 Å². The standard InChI is InChI=1S/C27H39N3O5S/c1-6-18-28-27(32)21(3)29(20-23-12-16-25(35-4)17-13-23)26(31)9-8-19-30(36(5,33)34)24-14-10-22(7-2)11-15-24/h10-17,21H,6-9,18-20H2,1-5H3,(H,28,32). The Morgan fingerprint density at radius 1 is 1.00 bits per heavy atom. The van der Waals surface area contributed by atoms with Gasteiger partial charge in [0.25, 0.3) is 0 Å². The number of anilines is 1. The molecule has 1 atom stereocenters. The first-order chi connectivity index (χ1) is 17.1. The zero-order chi connectivity index (χ0) is 26.7. The molecule has 0 heterocycles. The first kappa shape index (κ1) is 29.2. The summed E-state index contributed by atoms with van der Waals surface area (Å²) in [5.74, 6) is 0.283. The van der Waals surface area contributed by atoms with Gasteiger partial charge in [0.15, 0.2) is 0 Å². The van der Waals surface area contributed by atoms with Crippen LogP contribution in [-0.4, -0.2) is 57.6 Å². The second-order valence-corrected chi connectivity index (χ2v) is 10.7. The fourth-order valence-corrected chi connectivity index (χ4v) is 4.77. The Morgan fingerprint density at radius 2 is 1.61 bits per heavy atom. The summed E-state index contributed by atoms with van der Waals surface area (Å²) < 4.78 is 31.4. The summed E-state index contributed by atoms with van der Waals surface area (Å²) in [6.07, 6.45) is 3.26. The van der Waals surface area contributed by atoms with Gasteiger partial charge in [0, 0.05) is 26.1 Å². The highest BCUT2D eigenvalue weighted by molar-refractivity contribution is 7.92. The third-order valence-corrected chi connectivity index (χ3v) is 7.21. The summed E-state index contributed by atoms with van der Waals surface area (Å²) in [4.78, 5) is 27.5. The van der Waals surface area contributed by atoms with E-state index < -0.39 is 16.1 Å². The number of nitrogens with one attached hydrogen (secondary N) is 1. The van der Waals surface area contributed by atoms with Crippen LogP contribution in [0.1, 0.15) is 51.2 Å². The largest absolute Gasteiger partial charge is 0.497 e. The highest BCUT2D eigenvalue weighted by atomic mass is 32.2. The molecular formula is C27H39N3O5S. The van der Waals surface area contributed by atoms with Gasteiger partial charge >= 0.3 is 0 Å². The Hall–Kier alpha value is -3.07. The zero-order valence-corrected chi connectivity index (χ0v) is 22.8. The molecule has 0 radical (unpaired) electrons. The number of rotatable bonds is 14. The molecule has 0 saturated carbocycles. The molecule has 8 nitrogen and oxygen atoms in total. The molecule has 1 N–H and O–H groups in total. The van der Waals surface area contributed by atoms with Crippen molar-refractivity contribution in [2.45, 2.75) is 59.0 Å². The Balaban J connectivity index is 2.15. The lowest BCUT2D eigenvalue weighted by atomic mass is 10.1. The topological polar surface area (TPSA) is 96.0 Å². The number of ether oxygens (including phenoxy) is 1. The highest BCUT2D eigenvalue weighted by Gasteiger charge is 2.26. The van der Waals surface area contributed by atoms with Crippen LogP contribution in [0, 0.1) is 0 Å². The summed E-state index contributed by atoms with van der Waals surface area (Å²) in [6, 6.07) is 14.1. The van der Waals surface area contributed by atoms with Gasteiger partial charge in [-0.2, -0.15) is 0 Å². The monoisotopic (exact) mass is 517 g/mol. The molecule has 9 heteroatoms. The minimum Gasteiger partial charge on any atom is -0.497 e. The highest BCUT2D eigenvalue weighted by Crippen LogP contribution is 2.20. The maximum atomic E-state index is 13.3. The molecule has 0 spiro atoms. The van der Waals surface area contributed by atoms with Gasteiger partial charge < -0.3 is 15.0 Å². The van der Waals surface area contributed by atoms with Crippen LogP contribution in [0.15, 0.2) is 48.5 Å². The number of amides is 2. The normalized spacial score (nSPS) is 12.0. The average Bonchev–Trinajstić information content (AvgIpc) is 2.87. The predicted octanol–water partition coefficient (Wildman–Crippen LogP) is 3.75. The molecule has 0 aliphatic heterocycles. The Morgan fingerprint density at radius 3 is 2.14 bits per heavy atom. The lowest BCUT2D eigenvalue weighted by Gasteiger charge is -2.29. The molecule has 2 rings (SSSR count). The molecule has 1 unspecified atom stereocenters. The molecule has 0 bridgehead atoms. The second-order valence-electron chi connectivity index (χ2n) is 8.80. The summed E-state index contributed by atoms with van der Waals surface area (Å²) in [6.45, 7) is 6.68. The quantitative estimate of drug-likeness (QED) is 0.412. The molecule has 0 aliphatic carbocycles. The molecule has 0 fully saturated rings. The van der Waals surface area contributed by atoms with Gasteiger partial charge in [0.05, 0.1) is 19.1 Å². The number of nitrogens with zero attached hydrogens (tertiary/aromatic N) is 2. The van der Waals surface area contributed by atoms with E-state index in [-0.39, 0.29) is 31.3 Å². The lowest BCUT2D eigenvalue weighted by molar-refractivity contribution is -0.140. The van der Waals surface area contributed by atoms with Crippen LogP contribution in [0.25, 0.3) is 0 Å². The van der Waals surface area contributed by atoms with Crippen molar-refractivity contribution in [3.63, 3.8) is 0 Å². The molecule has 198 valence electrons. The minimum atomic E-state index is -3.52. The van der Waals surface area contributed by atoms with Crippen LogP contribution in [0.3, 0.4) is 0 Å². The van der Waals surface area contributed by atoms with E-state index in [4.69, 9.17) is 4.74 Å².